The van der Waals surface area contributed by atoms with Crippen LogP contribution in [0, 0.1) is 61.6 Å². The van der Waals surface area contributed by atoms with Gasteiger partial charge in [-0.25, -0.2) is 14.3 Å². The van der Waals surface area contributed by atoms with Crippen molar-refractivity contribution in [2.75, 3.05) is 6.61 Å². The van der Waals surface area contributed by atoms with Crippen molar-refractivity contribution in [1.29, 1.82) is 5.26 Å². The molecule has 6 rings (SSSR count). The van der Waals surface area contributed by atoms with Crippen LogP contribution in [0.4, 0.5) is 4.79 Å². The number of imidazole rings is 1. The first-order chi connectivity index (χ1) is 19.5. The van der Waals surface area contributed by atoms with Gasteiger partial charge in [-0.3, -0.25) is 9.59 Å². The lowest BCUT2D eigenvalue weighted by Crippen LogP contribution is -2.65. The number of hydrogen-bond acceptors (Lipinski definition) is 6. The molecule has 7 atom stereocenters. The minimum atomic E-state index is -0.675. The van der Waals surface area contributed by atoms with Gasteiger partial charge in [-0.1, -0.05) is 60.1 Å². The van der Waals surface area contributed by atoms with Gasteiger partial charge in [0, 0.05) is 34.6 Å². The van der Waals surface area contributed by atoms with Crippen LogP contribution < -0.4 is 0 Å². The number of Topliss-reactive ketones (excluding diaryl/α,β-unsaturated/α-hetero) is 1. The van der Waals surface area contributed by atoms with E-state index in [0.717, 1.165) is 50.5 Å². The zero-order valence-electron chi connectivity index (χ0n) is 26.3. The third-order valence-corrected chi connectivity index (χ3v) is 13.2. The Morgan fingerprint density at radius 1 is 1.07 bits per heavy atom. The highest BCUT2D eigenvalue weighted by Crippen LogP contribution is 2.74. The molecule has 0 spiro atoms. The van der Waals surface area contributed by atoms with E-state index in [9.17, 15) is 19.6 Å². The summed E-state index contributed by atoms with van der Waals surface area (Å²) >= 11 is 0. The summed E-state index contributed by atoms with van der Waals surface area (Å²) in [6, 6.07) is 2.19. The molecule has 0 saturated heterocycles. The summed E-state index contributed by atoms with van der Waals surface area (Å²) in [4.78, 5) is 44.7. The lowest BCUT2D eigenvalue weighted by molar-refractivity contribution is -0.177. The molecule has 0 aliphatic heterocycles. The summed E-state index contributed by atoms with van der Waals surface area (Å²) in [5, 5.41) is 9.94. The van der Waals surface area contributed by atoms with Gasteiger partial charge in [-0.2, -0.15) is 5.26 Å². The maximum Gasteiger partial charge on any atom is 0.419 e. The van der Waals surface area contributed by atoms with Crippen molar-refractivity contribution in [3.05, 3.63) is 42.0 Å². The monoisotopic (exact) mass is 571 g/mol. The summed E-state index contributed by atoms with van der Waals surface area (Å²) in [5.41, 5.74) is -0.589. The molecule has 7 heteroatoms. The number of carbonyl (C=O) groups is 3. The van der Waals surface area contributed by atoms with Crippen molar-refractivity contribution in [3.8, 4) is 6.07 Å². The smallest absolute Gasteiger partial charge is 0.419 e. The van der Waals surface area contributed by atoms with Gasteiger partial charge in [0.05, 0.1) is 12.2 Å². The number of rotatable bonds is 2. The highest BCUT2D eigenvalue weighted by molar-refractivity contribution is 6.04. The van der Waals surface area contributed by atoms with Crippen molar-refractivity contribution < 1.29 is 19.1 Å². The predicted molar refractivity (Wildman–Crippen MR) is 158 cm³/mol. The molecule has 0 amide bonds. The number of ether oxygens (including phenoxy) is 1. The maximum atomic E-state index is 14.6. The van der Waals surface area contributed by atoms with Crippen LogP contribution in [-0.4, -0.2) is 33.8 Å². The summed E-state index contributed by atoms with van der Waals surface area (Å²) < 4.78 is 7.33. The largest absolute Gasteiger partial charge is 0.448 e. The molecular formula is C35H45N3O4. The molecule has 3 fully saturated rings. The number of hydrogen-bond donors (Lipinski definition) is 0. The zero-order valence-corrected chi connectivity index (χ0v) is 26.3. The molecule has 3 saturated carbocycles. The second-order valence-electron chi connectivity index (χ2n) is 16.1. The topological polar surface area (TPSA) is 102 Å². The summed E-state index contributed by atoms with van der Waals surface area (Å²) in [7, 11) is 0. The highest BCUT2D eigenvalue weighted by Gasteiger charge is 2.70. The Hall–Kier alpha value is -3.01. The Morgan fingerprint density at radius 3 is 2.45 bits per heavy atom. The second-order valence-corrected chi connectivity index (χ2v) is 16.1. The zero-order chi connectivity index (χ0) is 30.5. The predicted octanol–water partition coefficient (Wildman–Crippen LogP) is 7.09. The Labute approximate surface area is 249 Å². The van der Waals surface area contributed by atoms with Gasteiger partial charge >= 0.3 is 6.09 Å². The van der Waals surface area contributed by atoms with E-state index in [0.29, 0.717) is 6.61 Å². The lowest BCUT2D eigenvalue weighted by Gasteiger charge is -2.69. The van der Waals surface area contributed by atoms with E-state index in [1.807, 2.05) is 26.0 Å². The molecule has 1 aromatic rings. The highest BCUT2D eigenvalue weighted by atomic mass is 16.5. The summed E-state index contributed by atoms with van der Waals surface area (Å²) in [6.45, 7) is 15.7. The van der Waals surface area contributed by atoms with Gasteiger partial charge in [0.1, 0.15) is 12.4 Å². The molecule has 0 radical (unpaired) electrons. The van der Waals surface area contributed by atoms with Crippen molar-refractivity contribution in [1.82, 2.24) is 9.55 Å². The number of nitriles is 1. The van der Waals surface area contributed by atoms with Crippen LogP contribution in [0.5, 0.6) is 0 Å². The molecular weight excluding hydrogens is 526 g/mol. The lowest BCUT2D eigenvalue weighted by atomic mass is 9.34. The van der Waals surface area contributed by atoms with Crippen molar-refractivity contribution in [2.24, 2.45) is 50.2 Å². The van der Waals surface area contributed by atoms with E-state index in [-0.39, 0.29) is 56.6 Å². The van der Waals surface area contributed by atoms with Crippen molar-refractivity contribution >= 4 is 17.7 Å². The molecule has 1 heterocycles. The maximum absolute atomic E-state index is 14.6. The average molecular weight is 572 g/mol. The fourth-order valence-corrected chi connectivity index (χ4v) is 10.6. The first-order valence-electron chi connectivity index (χ1n) is 15.6. The van der Waals surface area contributed by atoms with Crippen LogP contribution in [0.25, 0.3) is 0 Å². The van der Waals surface area contributed by atoms with Crippen LogP contribution in [0.3, 0.4) is 0 Å². The Kier molecular flexibility index (Phi) is 6.23. The van der Waals surface area contributed by atoms with E-state index >= 15 is 0 Å². The summed E-state index contributed by atoms with van der Waals surface area (Å²) in [6.07, 6.45) is 14.5. The standard InChI is InChI=1S/C35H45N3O4/c1-30(2)10-12-35(20-42-29(41)38-15-14-37-21-38)13-11-34(7)27(23(35)18-30)24(39)16-26-32(5)17-22(19-36)28(40)31(3,4)25(32)8-9-33(26,34)6/h14-17,21,23,25,27H,8-13,18,20H2,1-7H3/t23?,25-,27?,32-,33+,34+,35+/m0/s1. The first-order valence-corrected chi connectivity index (χ1v) is 15.6. The van der Waals surface area contributed by atoms with E-state index in [2.05, 4.69) is 45.7 Å². The molecule has 5 aliphatic rings. The number of fused-ring (bicyclic) bond motifs is 7. The van der Waals surface area contributed by atoms with Gasteiger partial charge in [0.25, 0.3) is 0 Å². The molecule has 2 unspecified atom stereocenters. The number of allylic oxidation sites excluding steroid dienone is 4. The Morgan fingerprint density at radius 2 is 1.79 bits per heavy atom. The van der Waals surface area contributed by atoms with Crippen LogP contribution in [0.15, 0.2) is 42.0 Å². The SMILES string of the molecule is CC1(C)CC[C@]2(COC(=O)n3ccnc3)CC[C@]3(C)C(C(=O)C=C4[C@@]5(C)C=C(C#N)C(=O)C(C)(C)[C@@H]5CC[C@]43C)C2C1. The van der Waals surface area contributed by atoms with E-state index in [4.69, 9.17) is 4.74 Å². The van der Waals surface area contributed by atoms with E-state index in [1.165, 1.54) is 10.9 Å². The number of nitrogens with zero attached hydrogens (tertiary/aromatic N) is 3. The normalized spacial score (nSPS) is 41.6. The minimum Gasteiger partial charge on any atom is -0.448 e. The first kappa shape index (κ1) is 29.1. The quantitative estimate of drug-likeness (QED) is 0.376. The Balaban J connectivity index is 1.44. The molecule has 5 aliphatic carbocycles. The molecule has 0 N–H and O–H groups in total. The molecule has 42 heavy (non-hydrogen) atoms. The number of ketones is 2. The second kappa shape index (κ2) is 9.00. The van der Waals surface area contributed by atoms with E-state index < -0.39 is 16.9 Å². The third-order valence-electron chi connectivity index (χ3n) is 13.2. The third kappa shape index (κ3) is 3.75. The fourth-order valence-electron chi connectivity index (χ4n) is 10.6. The number of aromatic nitrogens is 2. The van der Waals surface area contributed by atoms with E-state index in [1.54, 1.807) is 12.4 Å². The van der Waals surface area contributed by atoms with Crippen LogP contribution in [0.1, 0.15) is 93.4 Å². The fraction of sp³-hybridized carbons (Fsp3) is 0.686. The van der Waals surface area contributed by atoms with Crippen molar-refractivity contribution in [2.45, 2.75) is 93.4 Å². The Bertz CT molecular complexity index is 1460. The molecule has 0 aromatic carbocycles. The van der Waals surface area contributed by atoms with Crippen LogP contribution in [-0.2, 0) is 14.3 Å². The van der Waals surface area contributed by atoms with Crippen LogP contribution in [0.2, 0.25) is 0 Å². The van der Waals surface area contributed by atoms with Gasteiger partial charge in [-0.15, -0.1) is 0 Å². The number of carbonyl (C=O) groups excluding carboxylic acids is 3. The van der Waals surface area contributed by atoms with Gasteiger partial charge in [-0.05, 0) is 79.1 Å². The molecule has 1 aromatic heterocycles. The van der Waals surface area contributed by atoms with Crippen molar-refractivity contribution in [3.63, 3.8) is 0 Å². The minimum absolute atomic E-state index is 0.0285. The molecule has 7 nitrogen and oxygen atoms in total. The molecule has 0 bridgehead atoms. The summed E-state index contributed by atoms with van der Waals surface area (Å²) in [5.74, 6) is 0.0316. The van der Waals surface area contributed by atoms with Gasteiger partial charge < -0.3 is 4.74 Å². The van der Waals surface area contributed by atoms with Gasteiger partial charge in [0.15, 0.2) is 11.6 Å². The average Bonchev–Trinajstić information content (AvgIpc) is 3.46. The van der Waals surface area contributed by atoms with Crippen LogP contribution >= 0.6 is 0 Å². The van der Waals surface area contributed by atoms with Gasteiger partial charge in [0.2, 0.25) is 0 Å². The molecule has 224 valence electrons.